The molecule has 20 heavy (non-hydrogen) atoms. The number of nitrogens with zero attached hydrogens (tertiary/aromatic N) is 2. The number of benzene rings is 1. The zero-order chi connectivity index (χ0) is 14.7. The second kappa shape index (κ2) is 6.65. The summed E-state index contributed by atoms with van der Waals surface area (Å²) in [6.45, 7) is 3.78. The molecule has 1 aliphatic rings. The lowest BCUT2D eigenvalue weighted by molar-refractivity contribution is 0.158. The van der Waals surface area contributed by atoms with Gasteiger partial charge >= 0.3 is 6.03 Å². The largest absolute Gasteiger partial charge is 0.382 e. The number of hydrogen-bond donors (Lipinski definition) is 1. The minimum atomic E-state index is 0.119. The molecular weight excluding hydrogens is 365 g/mol. The molecule has 1 heterocycles. The maximum atomic E-state index is 11.9. The summed E-state index contributed by atoms with van der Waals surface area (Å²) in [6.07, 6.45) is 2.01. The van der Waals surface area contributed by atoms with Crippen molar-refractivity contribution in [2.45, 2.75) is 25.8 Å². The zero-order valence-corrected chi connectivity index (χ0v) is 14.5. The highest BCUT2D eigenvalue weighted by molar-refractivity contribution is 14.1. The molecule has 1 saturated heterocycles. The van der Waals surface area contributed by atoms with Crippen molar-refractivity contribution in [3.63, 3.8) is 0 Å². The van der Waals surface area contributed by atoms with Crippen LogP contribution in [0.15, 0.2) is 18.2 Å². The van der Waals surface area contributed by atoms with E-state index in [1.54, 1.807) is 19.0 Å². The maximum absolute atomic E-state index is 11.9. The van der Waals surface area contributed by atoms with Crippen LogP contribution in [-0.4, -0.2) is 49.1 Å². The van der Waals surface area contributed by atoms with Crippen LogP contribution >= 0.6 is 22.6 Å². The molecule has 0 aliphatic carbocycles. The van der Waals surface area contributed by atoms with E-state index < -0.39 is 0 Å². The highest BCUT2D eigenvalue weighted by Gasteiger charge is 2.23. The lowest BCUT2D eigenvalue weighted by Crippen LogP contribution is -2.46. The third kappa shape index (κ3) is 3.77. The fraction of sp³-hybridized carbons (Fsp3) is 0.533. The summed E-state index contributed by atoms with van der Waals surface area (Å²) in [6, 6.07) is 7.05. The molecule has 0 saturated carbocycles. The predicted molar refractivity (Wildman–Crippen MR) is 91.2 cm³/mol. The summed E-state index contributed by atoms with van der Waals surface area (Å²) in [7, 11) is 3.61. The lowest BCUT2D eigenvalue weighted by Gasteiger charge is -2.34. The van der Waals surface area contributed by atoms with Crippen LogP contribution in [0.2, 0.25) is 0 Å². The number of urea groups is 1. The first-order valence-electron chi connectivity index (χ1n) is 6.96. The Bertz CT molecular complexity index is 482. The number of likely N-dealkylation sites (tertiary alicyclic amines) is 1. The molecule has 0 bridgehead atoms. The molecule has 2 amide bonds. The molecule has 1 N–H and O–H groups in total. The standard InChI is InChI=1S/C15H22IN3O/c1-11-4-5-13(10-14(11)16)17-12-6-8-19(9-7-12)15(20)18(2)3/h4-5,10,12,17H,6-9H2,1-3H3. The SMILES string of the molecule is Cc1ccc(NC2CCN(C(=O)N(C)C)CC2)cc1I. The first-order chi connectivity index (χ1) is 9.47. The Morgan fingerprint density at radius 3 is 2.55 bits per heavy atom. The van der Waals surface area contributed by atoms with Crippen LogP contribution in [0.4, 0.5) is 10.5 Å². The van der Waals surface area contributed by atoms with Crippen molar-refractivity contribution < 1.29 is 4.79 Å². The van der Waals surface area contributed by atoms with Crippen LogP contribution in [0.25, 0.3) is 0 Å². The van der Waals surface area contributed by atoms with E-state index in [2.05, 4.69) is 53.0 Å². The van der Waals surface area contributed by atoms with Gasteiger partial charge in [0.05, 0.1) is 0 Å². The van der Waals surface area contributed by atoms with Crippen molar-refractivity contribution >= 4 is 34.3 Å². The molecule has 1 aromatic rings. The average molecular weight is 387 g/mol. The number of hydrogen-bond acceptors (Lipinski definition) is 2. The van der Waals surface area contributed by atoms with Crippen molar-refractivity contribution in [1.82, 2.24) is 9.80 Å². The molecule has 1 fully saturated rings. The van der Waals surface area contributed by atoms with Crippen LogP contribution in [0, 0.1) is 10.5 Å². The summed E-state index contributed by atoms with van der Waals surface area (Å²) in [5.41, 5.74) is 2.49. The maximum Gasteiger partial charge on any atom is 0.319 e. The minimum absolute atomic E-state index is 0.119. The minimum Gasteiger partial charge on any atom is -0.382 e. The molecule has 5 heteroatoms. The van der Waals surface area contributed by atoms with Crippen LogP contribution in [-0.2, 0) is 0 Å². The van der Waals surface area contributed by atoms with Crippen LogP contribution < -0.4 is 5.32 Å². The Morgan fingerprint density at radius 2 is 2.00 bits per heavy atom. The fourth-order valence-electron chi connectivity index (χ4n) is 2.42. The fourth-order valence-corrected chi connectivity index (χ4v) is 2.93. The van der Waals surface area contributed by atoms with Gasteiger partial charge in [0, 0.05) is 42.5 Å². The summed E-state index contributed by atoms with van der Waals surface area (Å²) in [5, 5.41) is 3.58. The predicted octanol–water partition coefficient (Wildman–Crippen LogP) is 3.16. The number of aryl methyl sites for hydroxylation is 1. The summed E-state index contributed by atoms with van der Waals surface area (Å²) >= 11 is 2.36. The molecule has 2 rings (SSSR count). The Labute approximate surface area is 134 Å². The van der Waals surface area contributed by atoms with Crippen LogP contribution in [0.5, 0.6) is 0 Å². The molecule has 0 radical (unpaired) electrons. The number of amides is 2. The molecule has 0 unspecified atom stereocenters. The molecule has 0 aromatic heterocycles. The number of anilines is 1. The average Bonchev–Trinajstić information content (AvgIpc) is 2.43. The van der Waals surface area contributed by atoms with E-state index >= 15 is 0 Å². The van der Waals surface area contributed by atoms with Gasteiger partial charge in [-0.1, -0.05) is 6.07 Å². The molecule has 110 valence electrons. The second-order valence-corrected chi connectivity index (χ2v) is 6.71. The Morgan fingerprint density at radius 1 is 1.35 bits per heavy atom. The molecule has 0 atom stereocenters. The van der Waals surface area contributed by atoms with Crippen molar-refractivity contribution in [3.05, 3.63) is 27.3 Å². The molecular formula is C15H22IN3O. The van der Waals surface area contributed by atoms with Gasteiger partial charge in [-0.25, -0.2) is 4.79 Å². The number of piperidine rings is 1. The van der Waals surface area contributed by atoms with E-state index in [1.807, 2.05) is 4.90 Å². The van der Waals surface area contributed by atoms with E-state index in [4.69, 9.17) is 0 Å². The number of halogens is 1. The third-order valence-corrected chi connectivity index (χ3v) is 4.85. The summed E-state index contributed by atoms with van der Waals surface area (Å²) < 4.78 is 1.29. The van der Waals surface area contributed by atoms with Crippen molar-refractivity contribution in [2.24, 2.45) is 0 Å². The van der Waals surface area contributed by atoms with Gasteiger partial charge in [0.1, 0.15) is 0 Å². The quantitative estimate of drug-likeness (QED) is 0.792. The van der Waals surface area contributed by atoms with Gasteiger partial charge in [-0.2, -0.15) is 0 Å². The van der Waals surface area contributed by atoms with Crippen molar-refractivity contribution in [2.75, 3.05) is 32.5 Å². The van der Waals surface area contributed by atoms with Gasteiger partial charge in [0.2, 0.25) is 0 Å². The highest BCUT2D eigenvalue weighted by atomic mass is 127. The first-order valence-corrected chi connectivity index (χ1v) is 8.04. The molecule has 0 spiro atoms. The Balaban J connectivity index is 1.88. The van der Waals surface area contributed by atoms with E-state index in [-0.39, 0.29) is 6.03 Å². The van der Waals surface area contributed by atoms with E-state index in [0.29, 0.717) is 6.04 Å². The lowest BCUT2D eigenvalue weighted by atomic mass is 10.0. The second-order valence-electron chi connectivity index (χ2n) is 5.55. The van der Waals surface area contributed by atoms with Gasteiger partial charge in [0.25, 0.3) is 0 Å². The van der Waals surface area contributed by atoms with Crippen LogP contribution in [0.1, 0.15) is 18.4 Å². The Kier molecular flexibility index (Phi) is 5.12. The van der Waals surface area contributed by atoms with E-state index in [0.717, 1.165) is 25.9 Å². The summed E-state index contributed by atoms with van der Waals surface area (Å²) in [5.74, 6) is 0. The van der Waals surface area contributed by atoms with Gasteiger partial charge in [-0.3, -0.25) is 0 Å². The van der Waals surface area contributed by atoms with Gasteiger partial charge in [0.15, 0.2) is 0 Å². The Hall–Kier alpha value is -0.980. The number of carbonyl (C=O) groups is 1. The van der Waals surface area contributed by atoms with Gasteiger partial charge in [-0.05, 0) is 60.1 Å². The van der Waals surface area contributed by atoms with Gasteiger partial charge in [-0.15, -0.1) is 0 Å². The normalized spacial score (nSPS) is 16.1. The number of carbonyl (C=O) groups excluding carboxylic acids is 1. The zero-order valence-electron chi connectivity index (χ0n) is 12.3. The number of nitrogens with one attached hydrogen (secondary N) is 1. The monoisotopic (exact) mass is 387 g/mol. The number of rotatable bonds is 2. The van der Waals surface area contributed by atoms with Crippen molar-refractivity contribution in [1.29, 1.82) is 0 Å². The third-order valence-electron chi connectivity index (χ3n) is 3.69. The topological polar surface area (TPSA) is 35.6 Å². The highest BCUT2D eigenvalue weighted by Crippen LogP contribution is 2.21. The molecule has 4 nitrogen and oxygen atoms in total. The smallest absolute Gasteiger partial charge is 0.319 e. The van der Waals surface area contributed by atoms with E-state index in [1.165, 1.54) is 14.8 Å². The summed E-state index contributed by atoms with van der Waals surface area (Å²) in [4.78, 5) is 15.5. The molecule has 1 aliphatic heterocycles. The first kappa shape index (κ1) is 15.4. The van der Waals surface area contributed by atoms with Crippen molar-refractivity contribution in [3.8, 4) is 0 Å². The van der Waals surface area contributed by atoms with E-state index in [9.17, 15) is 4.79 Å². The molecule has 1 aromatic carbocycles. The van der Waals surface area contributed by atoms with Gasteiger partial charge < -0.3 is 15.1 Å². The van der Waals surface area contributed by atoms with Crippen LogP contribution in [0.3, 0.4) is 0 Å².